The number of nitrogens with zero attached hydrogens (tertiary/aromatic N) is 1. The van der Waals surface area contributed by atoms with Gasteiger partial charge in [0.15, 0.2) is 0 Å². The summed E-state index contributed by atoms with van der Waals surface area (Å²) in [6.07, 6.45) is 0.517. The zero-order valence-corrected chi connectivity index (χ0v) is 20.3. The molecule has 0 unspecified atom stereocenters. The zero-order valence-electron chi connectivity index (χ0n) is 19.5. The predicted molar refractivity (Wildman–Crippen MR) is 132 cm³/mol. The SMILES string of the molecule is CCCN(C(=O)N[C@@H](CSCC(C)C)C(=O)O)C(=O)c1cccc(C#Cc2ccc(F)cc2)c1. The first-order chi connectivity index (χ1) is 16.2. The fourth-order valence-electron chi connectivity index (χ4n) is 2.91. The number of imide groups is 1. The standard InChI is InChI=1S/C26H29FN2O4S/c1-4-14-29(26(33)28-23(25(31)32)17-34-16-18(2)3)24(30)21-7-5-6-20(15-21)9-8-19-10-12-22(27)13-11-19/h5-7,10-13,15,18,23H,4,14,16-17H2,1-3H3,(H,28,33)(H,31,32)/t23-/m0/s1. The van der Waals surface area contributed by atoms with Crippen molar-refractivity contribution >= 4 is 29.7 Å². The van der Waals surface area contributed by atoms with Gasteiger partial charge < -0.3 is 10.4 Å². The lowest BCUT2D eigenvalue weighted by Gasteiger charge is -2.23. The van der Waals surface area contributed by atoms with Crippen LogP contribution >= 0.6 is 11.8 Å². The number of halogens is 1. The fraction of sp³-hybridized carbons (Fsp3) is 0.346. The van der Waals surface area contributed by atoms with E-state index in [9.17, 15) is 23.9 Å². The Balaban J connectivity index is 2.16. The average molecular weight is 485 g/mol. The van der Waals surface area contributed by atoms with Gasteiger partial charge in [-0.1, -0.05) is 38.7 Å². The highest BCUT2D eigenvalue weighted by Crippen LogP contribution is 2.12. The van der Waals surface area contributed by atoms with Crippen molar-refractivity contribution in [2.45, 2.75) is 33.2 Å². The lowest BCUT2D eigenvalue weighted by atomic mass is 10.1. The van der Waals surface area contributed by atoms with E-state index in [-0.39, 0.29) is 23.7 Å². The Labute approximate surface area is 203 Å². The fourth-order valence-corrected chi connectivity index (χ4v) is 3.97. The van der Waals surface area contributed by atoms with Crippen LogP contribution in [0.3, 0.4) is 0 Å². The van der Waals surface area contributed by atoms with Crippen molar-refractivity contribution in [3.8, 4) is 11.8 Å². The summed E-state index contributed by atoms with van der Waals surface area (Å²) >= 11 is 1.44. The Morgan fingerprint density at radius 3 is 2.35 bits per heavy atom. The molecule has 0 bridgehead atoms. The van der Waals surface area contributed by atoms with E-state index in [1.807, 2.05) is 20.8 Å². The van der Waals surface area contributed by atoms with Gasteiger partial charge in [0, 0.05) is 29.0 Å². The lowest BCUT2D eigenvalue weighted by Crippen LogP contribution is -2.51. The number of amides is 3. The Morgan fingerprint density at radius 1 is 1.06 bits per heavy atom. The molecule has 8 heteroatoms. The Morgan fingerprint density at radius 2 is 1.74 bits per heavy atom. The molecule has 0 aliphatic rings. The van der Waals surface area contributed by atoms with E-state index in [0.29, 0.717) is 23.5 Å². The van der Waals surface area contributed by atoms with Crippen LogP contribution in [-0.4, -0.2) is 52.0 Å². The summed E-state index contributed by atoms with van der Waals surface area (Å²) in [5, 5.41) is 12.0. The molecule has 1 atom stereocenters. The van der Waals surface area contributed by atoms with Crippen LogP contribution in [0, 0.1) is 23.6 Å². The quantitative estimate of drug-likeness (QED) is 0.507. The van der Waals surface area contributed by atoms with Crippen LogP contribution < -0.4 is 5.32 Å². The number of carboxylic acids is 1. The number of thioether (sulfide) groups is 1. The number of hydrogen-bond acceptors (Lipinski definition) is 4. The number of rotatable bonds is 9. The largest absolute Gasteiger partial charge is 0.480 e. The second-order valence-corrected chi connectivity index (χ2v) is 9.14. The van der Waals surface area contributed by atoms with Gasteiger partial charge >= 0.3 is 12.0 Å². The van der Waals surface area contributed by atoms with E-state index in [1.165, 1.54) is 23.9 Å². The summed E-state index contributed by atoms with van der Waals surface area (Å²) in [6.45, 7) is 6.02. The Hall–Kier alpha value is -3.31. The van der Waals surface area contributed by atoms with E-state index in [1.54, 1.807) is 36.4 Å². The van der Waals surface area contributed by atoms with E-state index < -0.39 is 23.9 Å². The molecule has 0 aromatic heterocycles. The molecule has 180 valence electrons. The lowest BCUT2D eigenvalue weighted by molar-refractivity contribution is -0.138. The molecule has 2 aromatic rings. The highest BCUT2D eigenvalue weighted by molar-refractivity contribution is 7.99. The molecule has 0 aliphatic heterocycles. The summed E-state index contributed by atoms with van der Waals surface area (Å²) in [5.74, 6) is 5.18. The minimum atomic E-state index is -1.15. The number of benzene rings is 2. The van der Waals surface area contributed by atoms with Gasteiger partial charge in [-0.3, -0.25) is 9.69 Å². The van der Waals surface area contributed by atoms with E-state index in [0.717, 1.165) is 10.7 Å². The first-order valence-corrected chi connectivity index (χ1v) is 12.2. The van der Waals surface area contributed by atoms with Gasteiger partial charge in [0.05, 0.1) is 0 Å². The van der Waals surface area contributed by atoms with Gasteiger partial charge in [-0.05, 0) is 60.6 Å². The van der Waals surface area contributed by atoms with Gasteiger partial charge in [-0.25, -0.2) is 14.0 Å². The molecule has 6 nitrogen and oxygen atoms in total. The first-order valence-electron chi connectivity index (χ1n) is 11.0. The summed E-state index contributed by atoms with van der Waals surface area (Å²) in [7, 11) is 0. The maximum absolute atomic E-state index is 13.1. The molecule has 2 aromatic carbocycles. The third-order valence-electron chi connectivity index (χ3n) is 4.57. The smallest absolute Gasteiger partial charge is 0.327 e. The van der Waals surface area contributed by atoms with Crippen LogP contribution in [0.25, 0.3) is 0 Å². The highest BCUT2D eigenvalue weighted by Gasteiger charge is 2.27. The van der Waals surface area contributed by atoms with Gasteiger partial charge in [-0.15, -0.1) is 0 Å². The number of hydrogen-bond donors (Lipinski definition) is 2. The van der Waals surface area contributed by atoms with E-state index >= 15 is 0 Å². The molecule has 0 spiro atoms. The molecule has 0 heterocycles. The Kier molecular flexibility index (Phi) is 10.6. The summed E-state index contributed by atoms with van der Waals surface area (Å²) in [4.78, 5) is 38.6. The maximum atomic E-state index is 13.1. The minimum absolute atomic E-state index is 0.141. The van der Waals surface area contributed by atoms with Gasteiger partial charge in [0.25, 0.3) is 5.91 Å². The van der Waals surface area contributed by atoms with Crippen LogP contribution in [0.1, 0.15) is 48.7 Å². The van der Waals surface area contributed by atoms with Crippen molar-refractivity contribution in [1.29, 1.82) is 0 Å². The third-order valence-corrected chi connectivity index (χ3v) is 6.05. The molecule has 0 saturated heterocycles. The number of carboxylic acid groups (broad SMARTS) is 1. The molecule has 0 radical (unpaired) electrons. The monoisotopic (exact) mass is 484 g/mol. The van der Waals surface area contributed by atoms with Crippen LogP contribution in [-0.2, 0) is 4.79 Å². The highest BCUT2D eigenvalue weighted by atomic mass is 32.2. The van der Waals surface area contributed by atoms with Crippen LogP contribution in [0.5, 0.6) is 0 Å². The topological polar surface area (TPSA) is 86.7 Å². The van der Waals surface area contributed by atoms with Crippen molar-refractivity contribution in [3.05, 3.63) is 71.0 Å². The predicted octanol–water partition coefficient (Wildman–Crippen LogP) is 4.63. The second kappa shape index (κ2) is 13.4. The molecule has 0 aliphatic carbocycles. The van der Waals surface area contributed by atoms with Crippen LogP contribution in [0.4, 0.5) is 9.18 Å². The number of carbonyl (C=O) groups is 3. The van der Waals surface area contributed by atoms with E-state index in [4.69, 9.17) is 0 Å². The van der Waals surface area contributed by atoms with Crippen molar-refractivity contribution in [1.82, 2.24) is 10.2 Å². The first kappa shape index (κ1) is 26.9. The van der Waals surface area contributed by atoms with Gasteiger partial charge in [0.2, 0.25) is 0 Å². The van der Waals surface area contributed by atoms with Crippen molar-refractivity contribution in [2.24, 2.45) is 5.92 Å². The molecule has 0 saturated carbocycles. The van der Waals surface area contributed by atoms with Crippen LogP contribution in [0.15, 0.2) is 48.5 Å². The third kappa shape index (κ3) is 8.56. The normalized spacial score (nSPS) is 11.3. The Bertz CT molecular complexity index is 1060. The van der Waals surface area contributed by atoms with Gasteiger partial charge in [-0.2, -0.15) is 11.8 Å². The number of nitrogens with one attached hydrogen (secondary N) is 1. The average Bonchev–Trinajstić information content (AvgIpc) is 2.81. The van der Waals surface area contributed by atoms with Crippen molar-refractivity contribution in [2.75, 3.05) is 18.1 Å². The summed E-state index contributed by atoms with van der Waals surface area (Å²) in [6, 6.07) is 10.4. The van der Waals surface area contributed by atoms with Crippen LogP contribution in [0.2, 0.25) is 0 Å². The second-order valence-electron chi connectivity index (χ2n) is 8.07. The van der Waals surface area contributed by atoms with Crippen molar-refractivity contribution < 1.29 is 23.9 Å². The van der Waals surface area contributed by atoms with Crippen molar-refractivity contribution in [3.63, 3.8) is 0 Å². The molecule has 2 rings (SSSR count). The number of aliphatic carboxylic acids is 1. The molecular formula is C26H29FN2O4S. The molecular weight excluding hydrogens is 455 g/mol. The van der Waals surface area contributed by atoms with E-state index in [2.05, 4.69) is 17.2 Å². The number of urea groups is 1. The molecule has 0 fully saturated rings. The summed E-state index contributed by atoms with van der Waals surface area (Å²) < 4.78 is 13.1. The summed E-state index contributed by atoms with van der Waals surface area (Å²) in [5.41, 5.74) is 1.44. The number of carbonyl (C=O) groups excluding carboxylic acids is 2. The van der Waals surface area contributed by atoms with Gasteiger partial charge in [0.1, 0.15) is 11.9 Å². The molecule has 2 N–H and O–H groups in total. The molecule has 3 amide bonds. The minimum Gasteiger partial charge on any atom is -0.480 e. The maximum Gasteiger partial charge on any atom is 0.327 e. The molecule has 34 heavy (non-hydrogen) atoms. The zero-order chi connectivity index (χ0) is 25.1.